The van der Waals surface area contributed by atoms with Gasteiger partial charge in [0.15, 0.2) is 0 Å². The third-order valence-corrected chi connectivity index (χ3v) is 9.17. The van der Waals surface area contributed by atoms with Gasteiger partial charge in [0.1, 0.15) is 12.6 Å². The van der Waals surface area contributed by atoms with E-state index in [4.69, 9.17) is 0 Å². The number of hydrogen-bond donors (Lipinski definition) is 1. The number of rotatable bonds is 14. The quantitative estimate of drug-likeness (QED) is 0.274. The Hall–Kier alpha value is -3.65. The van der Waals surface area contributed by atoms with Gasteiger partial charge in [0.25, 0.3) is 10.0 Å². The zero-order valence-corrected chi connectivity index (χ0v) is 25.7. The van der Waals surface area contributed by atoms with E-state index in [9.17, 15) is 18.0 Å². The van der Waals surface area contributed by atoms with E-state index >= 15 is 0 Å². The Morgan fingerprint density at radius 2 is 1.49 bits per heavy atom. The molecule has 0 aromatic heterocycles. The summed E-state index contributed by atoms with van der Waals surface area (Å²) in [7, 11) is -4.09. The van der Waals surface area contributed by atoms with Crippen molar-refractivity contribution < 1.29 is 18.0 Å². The van der Waals surface area contributed by atoms with Crippen molar-refractivity contribution in [1.82, 2.24) is 10.2 Å². The van der Waals surface area contributed by atoms with Gasteiger partial charge in [0.05, 0.1) is 10.6 Å². The number of benzene rings is 3. The Morgan fingerprint density at radius 3 is 2.10 bits per heavy atom. The van der Waals surface area contributed by atoms with Crippen LogP contribution in [0.25, 0.3) is 0 Å². The summed E-state index contributed by atoms with van der Waals surface area (Å²) in [4.78, 5) is 29.2. The van der Waals surface area contributed by atoms with Crippen LogP contribution in [0, 0.1) is 6.92 Å². The molecule has 1 N–H and O–H groups in total. The van der Waals surface area contributed by atoms with E-state index < -0.39 is 28.5 Å². The standard InChI is InChI=1S/C33H43N3O4S/c1-6-26(5)34-33(38)30(8-3)35(23-22-27-14-10-9-11-15-27)32(37)24-36(31-17-13-12-16-28(31)7-2)41(39,40)29-20-18-25(4)19-21-29/h9-21,26,30H,6-8,22-24H2,1-5H3,(H,34,38)/t26-,30-/m1/s1. The zero-order chi connectivity index (χ0) is 30.0. The second kappa shape index (κ2) is 14.8. The highest BCUT2D eigenvalue weighted by Gasteiger charge is 2.34. The van der Waals surface area contributed by atoms with Gasteiger partial charge >= 0.3 is 0 Å². The van der Waals surface area contributed by atoms with Gasteiger partial charge in [-0.15, -0.1) is 0 Å². The van der Waals surface area contributed by atoms with Crippen LogP contribution in [-0.2, 0) is 32.5 Å². The maximum Gasteiger partial charge on any atom is 0.264 e. The van der Waals surface area contributed by atoms with Gasteiger partial charge in [0.2, 0.25) is 11.8 Å². The van der Waals surface area contributed by atoms with Crippen LogP contribution >= 0.6 is 0 Å². The Bertz CT molecular complexity index is 1390. The highest BCUT2D eigenvalue weighted by Crippen LogP contribution is 2.28. The topological polar surface area (TPSA) is 86.8 Å². The molecule has 0 saturated carbocycles. The lowest BCUT2D eigenvalue weighted by molar-refractivity contribution is -0.139. The van der Waals surface area contributed by atoms with Crippen molar-refractivity contribution >= 4 is 27.5 Å². The molecule has 0 bridgehead atoms. The Kier molecular flexibility index (Phi) is 11.5. The second-order valence-electron chi connectivity index (χ2n) is 10.4. The van der Waals surface area contributed by atoms with E-state index in [0.717, 1.165) is 23.1 Å². The molecule has 0 radical (unpaired) electrons. The Labute approximate surface area is 245 Å². The molecule has 0 aliphatic carbocycles. The van der Waals surface area contributed by atoms with Crippen LogP contribution in [0.5, 0.6) is 0 Å². The number of nitrogens with one attached hydrogen (secondary N) is 1. The molecule has 2 atom stereocenters. The minimum atomic E-state index is -4.09. The SMILES string of the molecule is CCc1ccccc1N(CC(=O)N(CCc1ccccc1)[C@H](CC)C(=O)N[C@H](C)CC)S(=O)(=O)c1ccc(C)cc1. The summed E-state index contributed by atoms with van der Waals surface area (Å²) in [5.41, 5.74) is 3.24. The number of nitrogens with zero attached hydrogens (tertiary/aromatic N) is 2. The normalized spacial score (nSPS) is 12.8. The highest BCUT2D eigenvalue weighted by molar-refractivity contribution is 7.92. The molecule has 0 spiro atoms. The molecule has 220 valence electrons. The van der Waals surface area contributed by atoms with Gasteiger partial charge in [0, 0.05) is 12.6 Å². The first kappa shape index (κ1) is 31.9. The van der Waals surface area contributed by atoms with Gasteiger partial charge in [-0.2, -0.15) is 0 Å². The van der Waals surface area contributed by atoms with Crippen LogP contribution < -0.4 is 9.62 Å². The number of carbonyl (C=O) groups is 2. The number of carbonyl (C=O) groups excluding carboxylic acids is 2. The zero-order valence-electron chi connectivity index (χ0n) is 24.8. The molecule has 7 nitrogen and oxygen atoms in total. The molecule has 0 aliphatic heterocycles. The third kappa shape index (κ3) is 8.19. The molecule has 8 heteroatoms. The summed E-state index contributed by atoms with van der Waals surface area (Å²) in [5.74, 6) is -0.654. The fourth-order valence-corrected chi connectivity index (χ4v) is 6.19. The van der Waals surface area contributed by atoms with Crippen LogP contribution in [0.3, 0.4) is 0 Å². The molecule has 0 fully saturated rings. The van der Waals surface area contributed by atoms with Crippen molar-refractivity contribution in [1.29, 1.82) is 0 Å². The molecule has 0 heterocycles. The van der Waals surface area contributed by atoms with E-state index in [1.54, 1.807) is 41.3 Å². The summed E-state index contributed by atoms with van der Waals surface area (Å²) < 4.78 is 29.4. The molecule has 3 aromatic carbocycles. The number of aryl methyl sites for hydroxylation is 2. The first-order valence-corrected chi connectivity index (χ1v) is 15.9. The monoisotopic (exact) mass is 577 g/mol. The molecular formula is C33H43N3O4S. The summed E-state index contributed by atoms with van der Waals surface area (Å²) in [6.07, 6.45) is 2.29. The van der Waals surface area contributed by atoms with Crippen molar-refractivity contribution in [2.45, 2.75) is 77.3 Å². The molecule has 0 saturated heterocycles. The van der Waals surface area contributed by atoms with Crippen LogP contribution in [0.4, 0.5) is 5.69 Å². The summed E-state index contributed by atoms with van der Waals surface area (Å²) in [5, 5.41) is 3.01. The molecule has 3 rings (SSSR count). The summed E-state index contributed by atoms with van der Waals surface area (Å²) in [6, 6.07) is 22.9. The first-order valence-electron chi connectivity index (χ1n) is 14.4. The molecule has 0 unspecified atom stereocenters. The van der Waals surface area contributed by atoms with Gasteiger partial charge in [-0.25, -0.2) is 8.42 Å². The van der Waals surface area contributed by atoms with Crippen molar-refractivity contribution in [3.8, 4) is 0 Å². The first-order chi connectivity index (χ1) is 19.6. The van der Waals surface area contributed by atoms with Crippen molar-refractivity contribution in [3.63, 3.8) is 0 Å². The lowest BCUT2D eigenvalue weighted by Gasteiger charge is -2.34. The van der Waals surface area contributed by atoms with E-state index in [1.807, 2.05) is 77.1 Å². The number of sulfonamides is 1. The number of para-hydroxylation sites is 1. The fourth-order valence-electron chi connectivity index (χ4n) is 4.74. The molecular weight excluding hydrogens is 534 g/mol. The Balaban J connectivity index is 2.04. The maximum absolute atomic E-state index is 14.2. The summed E-state index contributed by atoms with van der Waals surface area (Å²) >= 11 is 0. The largest absolute Gasteiger partial charge is 0.352 e. The van der Waals surface area contributed by atoms with Gasteiger partial charge < -0.3 is 10.2 Å². The average molecular weight is 578 g/mol. The van der Waals surface area contributed by atoms with Crippen LogP contribution in [-0.4, -0.2) is 50.3 Å². The maximum atomic E-state index is 14.2. The van der Waals surface area contributed by atoms with E-state index in [0.29, 0.717) is 24.9 Å². The van der Waals surface area contributed by atoms with Gasteiger partial charge in [-0.3, -0.25) is 13.9 Å². The summed E-state index contributed by atoms with van der Waals surface area (Å²) in [6.45, 7) is 9.50. The van der Waals surface area contributed by atoms with E-state index in [-0.39, 0.29) is 23.4 Å². The van der Waals surface area contributed by atoms with Crippen LogP contribution in [0.15, 0.2) is 83.8 Å². The van der Waals surface area contributed by atoms with E-state index in [1.165, 1.54) is 4.31 Å². The van der Waals surface area contributed by atoms with Crippen LogP contribution in [0.2, 0.25) is 0 Å². The molecule has 3 aromatic rings. The van der Waals surface area contributed by atoms with Crippen LogP contribution in [0.1, 0.15) is 57.2 Å². The molecule has 2 amide bonds. The predicted octanol–water partition coefficient (Wildman–Crippen LogP) is 5.52. The van der Waals surface area contributed by atoms with Gasteiger partial charge in [-0.1, -0.05) is 87.0 Å². The number of amides is 2. The van der Waals surface area contributed by atoms with Gasteiger partial charge in [-0.05, 0) is 68.9 Å². The number of hydrogen-bond acceptors (Lipinski definition) is 4. The minimum Gasteiger partial charge on any atom is -0.352 e. The predicted molar refractivity (Wildman–Crippen MR) is 165 cm³/mol. The smallest absolute Gasteiger partial charge is 0.264 e. The molecule has 41 heavy (non-hydrogen) atoms. The molecule has 0 aliphatic rings. The van der Waals surface area contributed by atoms with E-state index in [2.05, 4.69) is 5.32 Å². The van der Waals surface area contributed by atoms with Crippen molar-refractivity contribution in [3.05, 3.63) is 95.6 Å². The average Bonchev–Trinajstić information content (AvgIpc) is 2.98. The lowest BCUT2D eigenvalue weighted by atomic mass is 10.1. The highest BCUT2D eigenvalue weighted by atomic mass is 32.2. The number of anilines is 1. The van der Waals surface area contributed by atoms with Crippen molar-refractivity contribution in [2.24, 2.45) is 0 Å². The third-order valence-electron chi connectivity index (χ3n) is 7.40. The lowest BCUT2D eigenvalue weighted by Crippen LogP contribution is -2.54. The second-order valence-corrected chi connectivity index (χ2v) is 12.2. The minimum absolute atomic E-state index is 0.0440. The van der Waals surface area contributed by atoms with Crippen molar-refractivity contribution in [2.75, 3.05) is 17.4 Å². The Morgan fingerprint density at radius 1 is 0.854 bits per heavy atom. The fraction of sp³-hybridized carbons (Fsp3) is 0.394.